The first-order valence-corrected chi connectivity index (χ1v) is 6.55. The summed E-state index contributed by atoms with van der Waals surface area (Å²) in [6.45, 7) is 0.622. The molecule has 4 nitrogen and oxygen atoms in total. The van der Waals surface area contributed by atoms with Gasteiger partial charge >= 0.3 is 0 Å². The SMILES string of the molecule is NCCc1ccc(-n2cnc3ccccc3c2=O)cc1. The lowest BCUT2D eigenvalue weighted by Gasteiger charge is -2.07. The molecule has 0 aliphatic heterocycles. The third kappa shape index (κ3) is 2.21. The average molecular weight is 265 g/mol. The van der Waals surface area contributed by atoms with Crippen LogP contribution in [0.3, 0.4) is 0 Å². The Morgan fingerprint density at radius 2 is 1.80 bits per heavy atom. The molecule has 0 aliphatic carbocycles. The Kier molecular flexibility index (Phi) is 3.31. The van der Waals surface area contributed by atoms with Gasteiger partial charge < -0.3 is 5.73 Å². The van der Waals surface area contributed by atoms with E-state index in [-0.39, 0.29) is 5.56 Å². The van der Waals surface area contributed by atoms with Crippen molar-refractivity contribution in [1.82, 2.24) is 9.55 Å². The van der Waals surface area contributed by atoms with Crippen LogP contribution >= 0.6 is 0 Å². The van der Waals surface area contributed by atoms with Gasteiger partial charge in [0.15, 0.2) is 0 Å². The van der Waals surface area contributed by atoms with Gasteiger partial charge in [0.05, 0.1) is 16.6 Å². The molecule has 4 heteroatoms. The van der Waals surface area contributed by atoms with Crippen molar-refractivity contribution in [2.45, 2.75) is 6.42 Å². The molecule has 0 saturated heterocycles. The Bertz CT molecular complexity index is 791. The molecule has 0 aliphatic rings. The molecular formula is C16H15N3O. The second kappa shape index (κ2) is 5.27. The minimum Gasteiger partial charge on any atom is -0.330 e. The fourth-order valence-electron chi connectivity index (χ4n) is 2.24. The van der Waals surface area contributed by atoms with Gasteiger partial charge in [-0.2, -0.15) is 0 Å². The molecule has 0 radical (unpaired) electrons. The molecule has 0 unspecified atom stereocenters. The normalized spacial score (nSPS) is 10.8. The van der Waals surface area contributed by atoms with E-state index in [2.05, 4.69) is 4.98 Å². The van der Waals surface area contributed by atoms with Crippen LogP contribution in [-0.4, -0.2) is 16.1 Å². The van der Waals surface area contributed by atoms with Crippen LogP contribution in [0.2, 0.25) is 0 Å². The van der Waals surface area contributed by atoms with E-state index in [1.165, 1.54) is 0 Å². The lowest BCUT2D eigenvalue weighted by atomic mass is 10.1. The molecule has 20 heavy (non-hydrogen) atoms. The molecule has 2 aromatic carbocycles. The maximum atomic E-state index is 12.4. The molecule has 3 aromatic rings. The van der Waals surface area contributed by atoms with Crippen molar-refractivity contribution in [3.05, 3.63) is 70.8 Å². The summed E-state index contributed by atoms with van der Waals surface area (Å²) in [7, 11) is 0. The highest BCUT2D eigenvalue weighted by molar-refractivity contribution is 5.77. The second-order valence-electron chi connectivity index (χ2n) is 4.64. The van der Waals surface area contributed by atoms with Gasteiger partial charge in [-0.3, -0.25) is 9.36 Å². The molecule has 0 bridgehead atoms. The quantitative estimate of drug-likeness (QED) is 0.786. The van der Waals surface area contributed by atoms with E-state index in [1.54, 1.807) is 17.0 Å². The fourth-order valence-corrected chi connectivity index (χ4v) is 2.24. The zero-order chi connectivity index (χ0) is 13.9. The number of para-hydroxylation sites is 1. The molecule has 100 valence electrons. The Balaban J connectivity index is 2.10. The van der Waals surface area contributed by atoms with Gasteiger partial charge in [-0.15, -0.1) is 0 Å². The highest BCUT2D eigenvalue weighted by atomic mass is 16.1. The summed E-state index contributed by atoms with van der Waals surface area (Å²) >= 11 is 0. The minimum atomic E-state index is -0.0535. The first-order valence-electron chi connectivity index (χ1n) is 6.55. The molecule has 2 N–H and O–H groups in total. The van der Waals surface area contributed by atoms with Crippen LogP contribution in [-0.2, 0) is 6.42 Å². The number of hydrogen-bond acceptors (Lipinski definition) is 3. The standard InChI is InChI=1S/C16H15N3O/c17-10-9-12-5-7-13(8-6-12)19-11-18-15-4-2-1-3-14(15)16(19)20/h1-8,11H,9-10,17H2. The number of aromatic nitrogens is 2. The first-order chi connectivity index (χ1) is 9.79. The lowest BCUT2D eigenvalue weighted by Crippen LogP contribution is -2.18. The predicted octanol–water partition coefficient (Wildman–Crippen LogP) is 1.89. The van der Waals surface area contributed by atoms with Crippen LogP contribution in [0.4, 0.5) is 0 Å². The summed E-state index contributed by atoms with van der Waals surface area (Å²) < 4.78 is 1.56. The average Bonchev–Trinajstić information content (AvgIpc) is 2.49. The number of benzene rings is 2. The lowest BCUT2D eigenvalue weighted by molar-refractivity contribution is 0.946. The fraction of sp³-hybridized carbons (Fsp3) is 0.125. The number of nitrogens with zero attached hydrogens (tertiary/aromatic N) is 2. The van der Waals surface area contributed by atoms with Crippen LogP contribution in [0, 0.1) is 0 Å². The van der Waals surface area contributed by atoms with Crippen molar-refractivity contribution in [1.29, 1.82) is 0 Å². The maximum absolute atomic E-state index is 12.4. The van der Waals surface area contributed by atoms with Gasteiger partial charge in [0.25, 0.3) is 5.56 Å². The van der Waals surface area contributed by atoms with Gasteiger partial charge in [0.1, 0.15) is 6.33 Å². The number of fused-ring (bicyclic) bond motifs is 1. The van der Waals surface area contributed by atoms with Gasteiger partial charge in [0.2, 0.25) is 0 Å². The zero-order valence-corrected chi connectivity index (χ0v) is 11.0. The largest absolute Gasteiger partial charge is 0.330 e. The Labute approximate surface area is 116 Å². The van der Waals surface area contributed by atoms with Crippen LogP contribution in [0.1, 0.15) is 5.56 Å². The number of nitrogens with two attached hydrogens (primary N) is 1. The van der Waals surface area contributed by atoms with Crippen LogP contribution in [0.25, 0.3) is 16.6 Å². The second-order valence-corrected chi connectivity index (χ2v) is 4.64. The van der Waals surface area contributed by atoms with E-state index in [9.17, 15) is 4.79 Å². The molecule has 0 amide bonds. The molecule has 0 fully saturated rings. The highest BCUT2D eigenvalue weighted by Crippen LogP contribution is 2.10. The van der Waals surface area contributed by atoms with E-state index in [1.807, 2.05) is 42.5 Å². The Morgan fingerprint density at radius 3 is 2.55 bits per heavy atom. The first kappa shape index (κ1) is 12.6. The molecule has 1 heterocycles. The third-order valence-corrected chi connectivity index (χ3v) is 3.31. The topological polar surface area (TPSA) is 60.9 Å². The zero-order valence-electron chi connectivity index (χ0n) is 11.0. The molecular weight excluding hydrogens is 250 g/mol. The van der Waals surface area contributed by atoms with E-state index in [0.29, 0.717) is 17.4 Å². The summed E-state index contributed by atoms with van der Waals surface area (Å²) in [6, 6.07) is 15.2. The summed E-state index contributed by atoms with van der Waals surface area (Å²) in [5, 5.41) is 0.626. The number of rotatable bonds is 3. The summed E-state index contributed by atoms with van der Waals surface area (Å²) in [6.07, 6.45) is 2.41. The van der Waals surface area contributed by atoms with Gasteiger partial charge in [-0.25, -0.2) is 4.98 Å². The van der Waals surface area contributed by atoms with Gasteiger partial charge in [-0.1, -0.05) is 24.3 Å². The summed E-state index contributed by atoms with van der Waals surface area (Å²) in [5.41, 5.74) is 8.17. The predicted molar refractivity (Wildman–Crippen MR) is 80.1 cm³/mol. The van der Waals surface area contributed by atoms with E-state index in [0.717, 1.165) is 17.7 Å². The monoisotopic (exact) mass is 265 g/mol. The van der Waals surface area contributed by atoms with E-state index in [4.69, 9.17) is 5.73 Å². The highest BCUT2D eigenvalue weighted by Gasteiger charge is 2.05. The van der Waals surface area contributed by atoms with Crippen molar-refractivity contribution < 1.29 is 0 Å². The van der Waals surface area contributed by atoms with Gasteiger partial charge in [0, 0.05) is 0 Å². The maximum Gasteiger partial charge on any atom is 0.265 e. The van der Waals surface area contributed by atoms with Crippen LogP contribution in [0.5, 0.6) is 0 Å². The molecule has 0 saturated carbocycles. The van der Waals surface area contributed by atoms with Crippen molar-refractivity contribution in [2.24, 2.45) is 5.73 Å². The van der Waals surface area contributed by atoms with E-state index < -0.39 is 0 Å². The smallest absolute Gasteiger partial charge is 0.265 e. The van der Waals surface area contributed by atoms with Crippen molar-refractivity contribution in [2.75, 3.05) is 6.54 Å². The molecule has 0 atom stereocenters. The Hall–Kier alpha value is -2.46. The summed E-state index contributed by atoms with van der Waals surface area (Å²) in [4.78, 5) is 16.8. The van der Waals surface area contributed by atoms with Crippen LogP contribution in [0.15, 0.2) is 59.7 Å². The van der Waals surface area contributed by atoms with Crippen molar-refractivity contribution in [3.63, 3.8) is 0 Å². The van der Waals surface area contributed by atoms with E-state index >= 15 is 0 Å². The minimum absolute atomic E-state index is 0.0535. The van der Waals surface area contributed by atoms with Crippen molar-refractivity contribution >= 4 is 10.9 Å². The van der Waals surface area contributed by atoms with Gasteiger partial charge in [-0.05, 0) is 42.8 Å². The number of hydrogen-bond donors (Lipinski definition) is 1. The van der Waals surface area contributed by atoms with Crippen LogP contribution < -0.4 is 11.3 Å². The molecule has 1 aromatic heterocycles. The Morgan fingerprint density at radius 1 is 1.05 bits per heavy atom. The summed E-state index contributed by atoms with van der Waals surface area (Å²) in [5.74, 6) is 0. The molecule has 0 spiro atoms. The van der Waals surface area contributed by atoms with Crippen molar-refractivity contribution in [3.8, 4) is 5.69 Å². The third-order valence-electron chi connectivity index (χ3n) is 3.31. The molecule has 3 rings (SSSR count).